The lowest BCUT2D eigenvalue weighted by molar-refractivity contribution is -0.118. The molecule has 2 N–H and O–H groups in total. The van der Waals surface area contributed by atoms with E-state index >= 15 is 0 Å². The van der Waals surface area contributed by atoms with E-state index in [0.717, 1.165) is 5.56 Å². The van der Waals surface area contributed by atoms with Gasteiger partial charge in [-0.25, -0.2) is 0 Å². The first kappa shape index (κ1) is 22.2. The van der Waals surface area contributed by atoms with E-state index in [-0.39, 0.29) is 22.9 Å². The molecule has 1 unspecified atom stereocenters. The molecule has 0 saturated heterocycles. The Kier molecular flexibility index (Phi) is 7.56. The van der Waals surface area contributed by atoms with E-state index in [4.69, 9.17) is 11.6 Å². The highest BCUT2D eigenvalue weighted by Crippen LogP contribution is 2.29. The average molecular weight is 445 g/mol. The Balaban J connectivity index is 1.77. The number of benzene rings is 3. The summed E-state index contributed by atoms with van der Waals surface area (Å²) in [7, 11) is 0. The highest BCUT2D eigenvalue weighted by molar-refractivity contribution is 6.32. The molecule has 8 heteroatoms. The van der Waals surface area contributed by atoms with Gasteiger partial charge < -0.3 is 15.4 Å². The smallest absolute Gasteiger partial charge is 0.387 e. The van der Waals surface area contributed by atoms with Crippen molar-refractivity contribution in [1.82, 2.24) is 5.32 Å². The van der Waals surface area contributed by atoms with Crippen LogP contribution in [0, 0.1) is 0 Å². The van der Waals surface area contributed by atoms with E-state index in [1.54, 1.807) is 30.3 Å². The van der Waals surface area contributed by atoms with Crippen molar-refractivity contribution in [2.75, 3.05) is 5.32 Å². The minimum atomic E-state index is -3.01. The van der Waals surface area contributed by atoms with E-state index in [1.807, 2.05) is 30.3 Å². The number of ether oxygens (including phenoxy) is 1. The number of alkyl halides is 2. The van der Waals surface area contributed by atoms with Crippen LogP contribution in [0.3, 0.4) is 0 Å². The molecule has 0 bridgehead atoms. The van der Waals surface area contributed by atoms with Gasteiger partial charge in [0.05, 0.1) is 5.02 Å². The number of hydrogen-bond donors (Lipinski definition) is 2. The standard InChI is InChI=1S/C23H19ClF2N2O3/c24-18-14-17(11-12-20(18)31-23(25)26)27-22(30)19(13-15-7-3-1-4-8-15)28-21(29)16-9-5-2-6-10-16/h1-12,14,19,23H,13H2,(H,27,30)(H,28,29). The molecule has 0 fully saturated rings. The van der Waals surface area contributed by atoms with Crippen molar-refractivity contribution >= 4 is 29.1 Å². The topological polar surface area (TPSA) is 67.4 Å². The van der Waals surface area contributed by atoms with Gasteiger partial charge in [-0.15, -0.1) is 0 Å². The van der Waals surface area contributed by atoms with Crippen LogP contribution in [0.25, 0.3) is 0 Å². The number of nitrogens with one attached hydrogen (secondary N) is 2. The molecule has 1 atom stereocenters. The number of amides is 2. The average Bonchev–Trinajstić information content (AvgIpc) is 2.76. The summed E-state index contributed by atoms with van der Waals surface area (Å²) in [6, 6.07) is 20.8. The van der Waals surface area contributed by atoms with E-state index in [1.165, 1.54) is 18.2 Å². The van der Waals surface area contributed by atoms with Gasteiger partial charge in [0, 0.05) is 17.7 Å². The van der Waals surface area contributed by atoms with Crippen LogP contribution in [0.4, 0.5) is 14.5 Å². The fourth-order valence-electron chi connectivity index (χ4n) is 2.89. The first-order valence-electron chi connectivity index (χ1n) is 9.37. The van der Waals surface area contributed by atoms with Gasteiger partial charge in [-0.3, -0.25) is 9.59 Å². The summed E-state index contributed by atoms with van der Waals surface area (Å²) in [5.41, 5.74) is 1.56. The second-order valence-corrected chi connectivity index (χ2v) is 7.00. The zero-order chi connectivity index (χ0) is 22.2. The summed E-state index contributed by atoms with van der Waals surface area (Å²) in [6.07, 6.45) is 0.256. The molecule has 2 amide bonds. The van der Waals surface area contributed by atoms with Crippen molar-refractivity contribution in [1.29, 1.82) is 0 Å². The summed E-state index contributed by atoms with van der Waals surface area (Å²) in [6.45, 7) is -3.01. The molecule has 0 spiro atoms. The number of carbonyl (C=O) groups excluding carboxylic acids is 2. The van der Waals surface area contributed by atoms with E-state index in [2.05, 4.69) is 15.4 Å². The molecule has 0 aliphatic heterocycles. The largest absolute Gasteiger partial charge is 0.433 e. The fourth-order valence-corrected chi connectivity index (χ4v) is 3.11. The molecule has 0 aromatic heterocycles. The number of hydrogen-bond acceptors (Lipinski definition) is 3. The second-order valence-electron chi connectivity index (χ2n) is 6.59. The van der Waals surface area contributed by atoms with Crippen molar-refractivity contribution in [3.63, 3.8) is 0 Å². The van der Waals surface area contributed by atoms with Crippen LogP contribution >= 0.6 is 11.6 Å². The maximum Gasteiger partial charge on any atom is 0.387 e. The minimum Gasteiger partial charge on any atom is -0.433 e. The lowest BCUT2D eigenvalue weighted by atomic mass is 10.0. The lowest BCUT2D eigenvalue weighted by Gasteiger charge is -2.19. The van der Waals surface area contributed by atoms with Gasteiger partial charge in [0.1, 0.15) is 11.8 Å². The predicted octanol–water partition coefficient (Wildman–Crippen LogP) is 4.92. The van der Waals surface area contributed by atoms with E-state index in [9.17, 15) is 18.4 Å². The number of rotatable bonds is 8. The van der Waals surface area contributed by atoms with Gasteiger partial charge in [0.15, 0.2) is 0 Å². The lowest BCUT2D eigenvalue weighted by Crippen LogP contribution is -2.45. The van der Waals surface area contributed by atoms with Crippen LogP contribution in [0.1, 0.15) is 15.9 Å². The molecule has 0 saturated carbocycles. The predicted molar refractivity (Wildman–Crippen MR) is 115 cm³/mol. The summed E-state index contributed by atoms with van der Waals surface area (Å²) in [5.74, 6) is -1.07. The monoisotopic (exact) mass is 444 g/mol. The molecule has 3 aromatic carbocycles. The van der Waals surface area contributed by atoms with Gasteiger partial charge in [0.25, 0.3) is 5.91 Å². The minimum absolute atomic E-state index is 0.0777. The summed E-state index contributed by atoms with van der Waals surface area (Å²) < 4.78 is 29.1. The Morgan fingerprint density at radius 2 is 1.58 bits per heavy atom. The molecule has 3 rings (SSSR count). The molecule has 0 heterocycles. The van der Waals surface area contributed by atoms with Crippen LogP contribution in [-0.2, 0) is 11.2 Å². The van der Waals surface area contributed by atoms with Gasteiger partial charge in [-0.1, -0.05) is 60.1 Å². The Morgan fingerprint density at radius 3 is 2.19 bits per heavy atom. The number of halogens is 3. The van der Waals surface area contributed by atoms with Gasteiger partial charge in [0.2, 0.25) is 5.91 Å². The maximum atomic E-state index is 12.9. The Bertz CT molecular complexity index is 1030. The third-order valence-corrected chi connectivity index (χ3v) is 4.65. The quantitative estimate of drug-likeness (QED) is 0.518. The molecule has 160 valence electrons. The fraction of sp³-hybridized carbons (Fsp3) is 0.130. The highest BCUT2D eigenvalue weighted by atomic mass is 35.5. The summed E-state index contributed by atoms with van der Waals surface area (Å²) in [5, 5.41) is 5.33. The molecular weight excluding hydrogens is 426 g/mol. The molecule has 0 aliphatic carbocycles. The normalized spacial score (nSPS) is 11.6. The molecular formula is C23H19ClF2N2O3. The van der Waals surface area contributed by atoms with Crippen molar-refractivity contribution in [3.8, 4) is 5.75 Å². The Hall–Kier alpha value is -3.45. The van der Waals surface area contributed by atoms with Crippen LogP contribution in [0.2, 0.25) is 5.02 Å². The maximum absolute atomic E-state index is 12.9. The van der Waals surface area contributed by atoms with E-state index in [0.29, 0.717) is 5.56 Å². The Labute approximate surface area is 183 Å². The van der Waals surface area contributed by atoms with Crippen molar-refractivity contribution in [2.24, 2.45) is 0 Å². The van der Waals surface area contributed by atoms with Crippen molar-refractivity contribution in [2.45, 2.75) is 19.1 Å². The zero-order valence-electron chi connectivity index (χ0n) is 16.2. The molecule has 0 radical (unpaired) electrons. The number of carbonyl (C=O) groups is 2. The van der Waals surface area contributed by atoms with Crippen LogP contribution < -0.4 is 15.4 Å². The van der Waals surface area contributed by atoms with Crippen LogP contribution in [0.15, 0.2) is 78.9 Å². The molecule has 5 nitrogen and oxygen atoms in total. The first-order valence-corrected chi connectivity index (χ1v) is 9.75. The number of anilines is 1. The highest BCUT2D eigenvalue weighted by Gasteiger charge is 2.22. The zero-order valence-corrected chi connectivity index (χ0v) is 17.0. The van der Waals surface area contributed by atoms with Crippen molar-refractivity contribution in [3.05, 3.63) is 95.0 Å². The summed E-state index contributed by atoms with van der Waals surface area (Å²) in [4.78, 5) is 25.5. The van der Waals surface area contributed by atoms with Crippen LogP contribution in [0.5, 0.6) is 5.75 Å². The summed E-state index contributed by atoms with van der Waals surface area (Å²) >= 11 is 5.95. The SMILES string of the molecule is O=C(NC(Cc1ccccc1)C(=O)Nc1ccc(OC(F)F)c(Cl)c1)c1ccccc1. The Morgan fingerprint density at radius 1 is 0.935 bits per heavy atom. The van der Waals surface area contributed by atoms with Gasteiger partial charge in [-0.05, 0) is 35.9 Å². The van der Waals surface area contributed by atoms with E-state index < -0.39 is 24.5 Å². The third-order valence-electron chi connectivity index (χ3n) is 4.36. The second kappa shape index (κ2) is 10.5. The first-order chi connectivity index (χ1) is 14.9. The third kappa shape index (κ3) is 6.52. The molecule has 0 aliphatic rings. The molecule has 31 heavy (non-hydrogen) atoms. The van der Waals surface area contributed by atoms with Gasteiger partial charge in [-0.2, -0.15) is 8.78 Å². The van der Waals surface area contributed by atoms with Crippen molar-refractivity contribution < 1.29 is 23.1 Å². The van der Waals surface area contributed by atoms with Gasteiger partial charge >= 0.3 is 6.61 Å². The molecule has 3 aromatic rings. The van der Waals surface area contributed by atoms with Crippen LogP contribution in [-0.4, -0.2) is 24.5 Å².